The molecule has 23 heavy (non-hydrogen) atoms. The van der Waals surface area contributed by atoms with Crippen molar-refractivity contribution in [2.75, 3.05) is 19.5 Å². The van der Waals surface area contributed by atoms with Gasteiger partial charge in [-0.2, -0.15) is 5.26 Å². The van der Waals surface area contributed by atoms with Crippen molar-refractivity contribution in [3.8, 4) is 17.6 Å². The van der Waals surface area contributed by atoms with Crippen molar-refractivity contribution in [2.45, 2.75) is 6.42 Å². The fourth-order valence-corrected chi connectivity index (χ4v) is 2.09. The highest BCUT2D eigenvalue weighted by molar-refractivity contribution is 5.93. The predicted molar refractivity (Wildman–Crippen MR) is 85.2 cm³/mol. The maximum Gasteiger partial charge on any atom is 0.243 e. The van der Waals surface area contributed by atoms with Gasteiger partial charge in [-0.1, -0.05) is 12.1 Å². The van der Waals surface area contributed by atoms with E-state index in [4.69, 9.17) is 9.47 Å². The number of anilines is 1. The van der Waals surface area contributed by atoms with E-state index in [9.17, 15) is 10.1 Å². The van der Waals surface area contributed by atoms with E-state index in [1.54, 1.807) is 49.7 Å². The monoisotopic (exact) mass is 311 g/mol. The maximum atomic E-state index is 12.2. The van der Waals surface area contributed by atoms with Crippen LogP contribution in [0.4, 0.5) is 5.82 Å². The lowest BCUT2D eigenvalue weighted by molar-refractivity contribution is -0.118. The van der Waals surface area contributed by atoms with Crippen LogP contribution in [0.15, 0.2) is 42.6 Å². The Kier molecular flexibility index (Phi) is 5.53. The second-order valence-electron chi connectivity index (χ2n) is 4.78. The number of hydrogen-bond donors (Lipinski definition) is 1. The maximum absolute atomic E-state index is 12.2. The minimum atomic E-state index is -0.824. The minimum Gasteiger partial charge on any atom is -0.493 e. The average molecular weight is 311 g/mol. The van der Waals surface area contributed by atoms with Crippen LogP contribution in [0.5, 0.6) is 11.5 Å². The number of pyridine rings is 1. The Hall–Kier alpha value is -3.07. The first-order valence-electron chi connectivity index (χ1n) is 7.00. The van der Waals surface area contributed by atoms with Crippen molar-refractivity contribution in [1.29, 1.82) is 5.26 Å². The second kappa shape index (κ2) is 7.80. The quantitative estimate of drug-likeness (QED) is 0.885. The van der Waals surface area contributed by atoms with Crippen molar-refractivity contribution in [2.24, 2.45) is 5.92 Å². The number of carbonyl (C=O) groups excluding carboxylic acids is 1. The van der Waals surface area contributed by atoms with Crippen LogP contribution in [0.3, 0.4) is 0 Å². The van der Waals surface area contributed by atoms with Crippen LogP contribution in [0.25, 0.3) is 0 Å². The molecule has 0 bridgehead atoms. The zero-order valence-electron chi connectivity index (χ0n) is 12.9. The Bertz CT molecular complexity index is 711. The summed E-state index contributed by atoms with van der Waals surface area (Å²) < 4.78 is 10.4. The molecule has 1 amide bonds. The van der Waals surface area contributed by atoms with Gasteiger partial charge < -0.3 is 14.8 Å². The molecule has 2 rings (SSSR count). The number of benzene rings is 1. The Morgan fingerprint density at radius 1 is 1.26 bits per heavy atom. The summed E-state index contributed by atoms with van der Waals surface area (Å²) in [6, 6.07) is 12.5. The van der Waals surface area contributed by atoms with E-state index in [1.165, 1.54) is 7.11 Å². The van der Waals surface area contributed by atoms with Gasteiger partial charge in [-0.25, -0.2) is 4.98 Å². The SMILES string of the molecule is COc1ccc(CC(C#N)C(=O)Nc2ccccn2)cc1OC. The molecule has 0 fully saturated rings. The second-order valence-corrected chi connectivity index (χ2v) is 4.78. The molecule has 6 heteroatoms. The van der Waals surface area contributed by atoms with Crippen LogP contribution in [-0.4, -0.2) is 25.1 Å². The van der Waals surface area contributed by atoms with E-state index in [-0.39, 0.29) is 12.3 Å². The minimum absolute atomic E-state index is 0.273. The van der Waals surface area contributed by atoms with E-state index in [0.717, 1.165) is 5.56 Å². The third kappa shape index (κ3) is 4.20. The summed E-state index contributed by atoms with van der Waals surface area (Å²) in [4.78, 5) is 16.2. The van der Waals surface area contributed by atoms with E-state index >= 15 is 0 Å². The highest BCUT2D eigenvalue weighted by Crippen LogP contribution is 2.28. The van der Waals surface area contributed by atoms with Crippen LogP contribution < -0.4 is 14.8 Å². The van der Waals surface area contributed by atoms with E-state index in [2.05, 4.69) is 10.3 Å². The zero-order chi connectivity index (χ0) is 16.7. The van der Waals surface area contributed by atoms with Gasteiger partial charge in [-0.15, -0.1) is 0 Å². The summed E-state index contributed by atoms with van der Waals surface area (Å²) in [6.45, 7) is 0. The fraction of sp³-hybridized carbons (Fsp3) is 0.235. The number of nitriles is 1. The summed E-state index contributed by atoms with van der Waals surface area (Å²) in [5.41, 5.74) is 0.811. The van der Waals surface area contributed by atoms with E-state index in [1.807, 2.05) is 6.07 Å². The number of aromatic nitrogens is 1. The number of methoxy groups -OCH3 is 2. The lowest BCUT2D eigenvalue weighted by Gasteiger charge is -2.12. The smallest absolute Gasteiger partial charge is 0.243 e. The van der Waals surface area contributed by atoms with Gasteiger partial charge in [0.1, 0.15) is 11.7 Å². The molecule has 1 heterocycles. The van der Waals surface area contributed by atoms with Gasteiger partial charge in [0, 0.05) is 6.20 Å². The highest BCUT2D eigenvalue weighted by Gasteiger charge is 2.19. The van der Waals surface area contributed by atoms with Crippen molar-refractivity contribution in [3.63, 3.8) is 0 Å². The molecule has 1 aromatic carbocycles. The molecule has 0 spiro atoms. The number of carbonyl (C=O) groups is 1. The van der Waals surface area contributed by atoms with E-state index in [0.29, 0.717) is 17.3 Å². The Morgan fingerprint density at radius 3 is 2.65 bits per heavy atom. The molecule has 0 saturated heterocycles. The molecule has 0 saturated carbocycles. The van der Waals surface area contributed by atoms with Crippen molar-refractivity contribution in [3.05, 3.63) is 48.2 Å². The first-order valence-corrected chi connectivity index (χ1v) is 7.00. The van der Waals surface area contributed by atoms with Crippen molar-refractivity contribution >= 4 is 11.7 Å². The first kappa shape index (κ1) is 16.3. The third-order valence-electron chi connectivity index (χ3n) is 3.28. The van der Waals surface area contributed by atoms with Crippen molar-refractivity contribution in [1.82, 2.24) is 4.98 Å². The summed E-state index contributed by atoms with van der Waals surface area (Å²) >= 11 is 0. The van der Waals surface area contributed by atoms with E-state index < -0.39 is 5.92 Å². The zero-order valence-corrected chi connectivity index (χ0v) is 12.9. The molecule has 118 valence electrons. The number of amides is 1. The molecule has 1 unspecified atom stereocenters. The molecule has 0 aliphatic heterocycles. The largest absolute Gasteiger partial charge is 0.493 e. The van der Waals surface area contributed by atoms with Gasteiger partial charge in [0.05, 0.1) is 20.3 Å². The molecule has 1 N–H and O–H groups in total. The van der Waals surface area contributed by atoms with Crippen LogP contribution in [0, 0.1) is 17.2 Å². The topological polar surface area (TPSA) is 84.2 Å². The van der Waals surface area contributed by atoms with Crippen LogP contribution in [-0.2, 0) is 11.2 Å². The number of ether oxygens (including phenoxy) is 2. The Morgan fingerprint density at radius 2 is 2.04 bits per heavy atom. The summed E-state index contributed by atoms with van der Waals surface area (Å²) in [5.74, 6) is 0.371. The average Bonchev–Trinajstić information content (AvgIpc) is 2.60. The lowest BCUT2D eigenvalue weighted by Crippen LogP contribution is -2.23. The number of nitrogens with one attached hydrogen (secondary N) is 1. The normalized spacial score (nSPS) is 11.2. The van der Waals surface area contributed by atoms with Gasteiger partial charge in [0.15, 0.2) is 11.5 Å². The molecule has 6 nitrogen and oxygen atoms in total. The molecule has 0 radical (unpaired) electrons. The van der Waals surface area contributed by atoms with Gasteiger partial charge in [-0.3, -0.25) is 4.79 Å². The number of hydrogen-bond acceptors (Lipinski definition) is 5. The third-order valence-corrected chi connectivity index (χ3v) is 3.28. The standard InChI is InChI=1S/C17H17N3O3/c1-22-14-7-6-12(10-15(14)23-2)9-13(11-18)17(21)20-16-5-3-4-8-19-16/h3-8,10,13H,9H2,1-2H3,(H,19,20,21). The van der Waals surface area contributed by atoms with Crippen LogP contribution >= 0.6 is 0 Å². The Balaban J connectivity index is 2.10. The first-order chi connectivity index (χ1) is 11.2. The molecular weight excluding hydrogens is 294 g/mol. The molecular formula is C17H17N3O3. The number of nitrogens with zero attached hydrogens (tertiary/aromatic N) is 2. The van der Waals surface area contributed by atoms with Gasteiger partial charge in [0.25, 0.3) is 0 Å². The predicted octanol–water partition coefficient (Wildman–Crippen LogP) is 2.42. The number of rotatable bonds is 6. The fourth-order valence-electron chi connectivity index (χ4n) is 2.09. The molecule has 0 aliphatic carbocycles. The van der Waals surface area contributed by atoms with Gasteiger partial charge in [0.2, 0.25) is 5.91 Å². The summed E-state index contributed by atoms with van der Waals surface area (Å²) in [7, 11) is 3.09. The van der Waals surface area contributed by atoms with Crippen LogP contribution in [0.1, 0.15) is 5.56 Å². The molecule has 1 aromatic heterocycles. The van der Waals surface area contributed by atoms with Gasteiger partial charge >= 0.3 is 0 Å². The molecule has 0 aliphatic rings. The summed E-state index contributed by atoms with van der Waals surface area (Å²) in [6.07, 6.45) is 1.85. The molecule has 1 atom stereocenters. The Labute approximate surface area is 134 Å². The van der Waals surface area contributed by atoms with Crippen LogP contribution in [0.2, 0.25) is 0 Å². The highest BCUT2D eigenvalue weighted by atomic mass is 16.5. The molecule has 2 aromatic rings. The summed E-state index contributed by atoms with van der Waals surface area (Å²) in [5, 5.41) is 11.9. The lowest BCUT2D eigenvalue weighted by atomic mass is 9.99. The van der Waals surface area contributed by atoms with Crippen molar-refractivity contribution < 1.29 is 14.3 Å². The van der Waals surface area contributed by atoms with Gasteiger partial charge in [-0.05, 0) is 36.2 Å².